The van der Waals surface area contributed by atoms with E-state index in [-0.39, 0.29) is 0 Å². The minimum atomic E-state index is 0.715. The minimum absolute atomic E-state index is 0.715. The number of nitrogens with zero attached hydrogens (tertiary/aromatic N) is 2. The van der Waals surface area contributed by atoms with Gasteiger partial charge >= 0.3 is 0 Å². The molecule has 0 unspecified atom stereocenters. The van der Waals surface area contributed by atoms with Crippen molar-refractivity contribution < 1.29 is 0 Å². The minimum Gasteiger partial charge on any atom is -0.299 e. The summed E-state index contributed by atoms with van der Waals surface area (Å²) in [5.41, 5.74) is 3.73. The van der Waals surface area contributed by atoms with Gasteiger partial charge in [0, 0.05) is 24.5 Å². The van der Waals surface area contributed by atoms with Gasteiger partial charge in [-0.05, 0) is 67.1 Å². The van der Waals surface area contributed by atoms with Crippen LogP contribution in [0.5, 0.6) is 0 Å². The molecule has 0 radical (unpaired) electrons. The summed E-state index contributed by atoms with van der Waals surface area (Å²) in [5.74, 6) is 0. The molecule has 3 nitrogen and oxygen atoms in total. The summed E-state index contributed by atoms with van der Waals surface area (Å²) in [6, 6.07) is 18.7. The fraction of sp³-hybridized carbons (Fsp3) is 0.350. The number of benzene rings is 2. The highest BCUT2D eigenvalue weighted by Gasteiger charge is 2.14. The molecule has 0 saturated heterocycles. The topological polar surface area (TPSA) is 39.1 Å². The molecule has 1 heterocycles. The standard InChI is InChI=1S/C20H23N3S/c21-15-17-6-5-9-20(14-17)24-22-11-3-4-12-23-13-10-18-7-1-2-8-19(18)16-23/h1-2,5-9,14,22H,3-4,10-13,16H2. The van der Waals surface area contributed by atoms with Crippen LogP contribution in [-0.2, 0) is 13.0 Å². The molecule has 0 bridgehead atoms. The van der Waals surface area contributed by atoms with Crippen LogP contribution in [0.25, 0.3) is 0 Å². The van der Waals surface area contributed by atoms with Gasteiger partial charge in [0.1, 0.15) is 0 Å². The van der Waals surface area contributed by atoms with Crippen LogP contribution in [0.15, 0.2) is 53.4 Å². The molecule has 1 aliphatic heterocycles. The van der Waals surface area contributed by atoms with Gasteiger partial charge in [0.05, 0.1) is 11.6 Å². The molecular formula is C20H23N3S. The van der Waals surface area contributed by atoms with Crippen LogP contribution in [0.3, 0.4) is 0 Å². The van der Waals surface area contributed by atoms with Crippen molar-refractivity contribution in [3.8, 4) is 6.07 Å². The molecule has 124 valence electrons. The highest BCUT2D eigenvalue weighted by Crippen LogP contribution is 2.19. The normalized spacial score (nSPS) is 14.1. The van der Waals surface area contributed by atoms with Crippen LogP contribution in [0, 0.1) is 11.3 Å². The van der Waals surface area contributed by atoms with E-state index in [9.17, 15) is 0 Å². The Kier molecular flexibility index (Phi) is 6.31. The quantitative estimate of drug-likeness (QED) is 0.612. The monoisotopic (exact) mass is 337 g/mol. The Morgan fingerprint density at radius 3 is 2.83 bits per heavy atom. The van der Waals surface area contributed by atoms with Crippen molar-refractivity contribution in [2.75, 3.05) is 19.6 Å². The lowest BCUT2D eigenvalue weighted by molar-refractivity contribution is 0.249. The van der Waals surface area contributed by atoms with E-state index in [1.807, 2.05) is 24.3 Å². The molecule has 0 aliphatic carbocycles. The predicted molar refractivity (Wildman–Crippen MR) is 99.7 cm³/mol. The third-order valence-corrected chi connectivity index (χ3v) is 5.20. The largest absolute Gasteiger partial charge is 0.299 e. The van der Waals surface area contributed by atoms with E-state index in [0.717, 1.165) is 18.0 Å². The van der Waals surface area contributed by atoms with Crippen molar-refractivity contribution in [3.63, 3.8) is 0 Å². The van der Waals surface area contributed by atoms with Crippen LogP contribution in [0.1, 0.15) is 29.5 Å². The Balaban J connectivity index is 1.31. The summed E-state index contributed by atoms with van der Waals surface area (Å²) < 4.78 is 3.40. The van der Waals surface area contributed by atoms with E-state index in [0.29, 0.717) is 5.56 Å². The second kappa shape index (κ2) is 8.89. The number of rotatable bonds is 7. The van der Waals surface area contributed by atoms with Gasteiger partial charge in [-0.2, -0.15) is 5.26 Å². The summed E-state index contributed by atoms with van der Waals surface area (Å²) in [7, 11) is 0. The molecule has 4 heteroatoms. The summed E-state index contributed by atoms with van der Waals surface area (Å²) >= 11 is 1.61. The SMILES string of the molecule is N#Cc1cccc(SNCCCCN2CCc3ccccc3C2)c1. The molecule has 1 N–H and O–H groups in total. The third kappa shape index (κ3) is 4.85. The van der Waals surface area contributed by atoms with Crippen molar-refractivity contribution in [2.45, 2.75) is 30.7 Å². The number of unbranched alkanes of at least 4 members (excludes halogenated alkanes) is 1. The maximum absolute atomic E-state index is 8.90. The lowest BCUT2D eigenvalue weighted by atomic mass is 10.00. The van der Waals surface area contributed by atoms with Crippen molar-refractivity contribution in [2.24, 2.45) is 0 Å². The maximum atomic E-state index is 8.90. The molecule has 0 fully saturated rings. The molecular weight excluding hydrogens is 314 g/mol. The van der Waals surface area contributed by atoms with Gasteiger partial charge in [-0.15, -0.1) is 0 Å². The number of nitrogens with one attached hydrogen (secondary N) is 1. The second-order valence-corrected chi connectivity index (χ2v) is 7.10. The van der Waals surface area contributed by atoms with Gasteiger partial charge in [-0.1, -0.05) is 30.3 Å². The number of fused-ring (bicyclic) bond motifs is 1. The Morgan fingerprint density at radius 2 is 1.96 bits per heavy atom. The van der Waals surface area contributed by atoms with E-state index in [1.54, 1.807) is 11.9 Å². The highest BCUT2D eigenvalue weighted by molar-refractivity contribution is 7.97. The zero-order valence-electron chi connectivity index (χ0n) is 13.9. The van der Waals surface area contributed by atoms with E-state index in [2.05, 4.69) is 40.0 Å². The average Bonchev–Trinajstić information content (AvgIpc) is 2.64. The van der Waals surface area contributed by atoms with Crippen molar-refractivity contribution in [1.29, 1.82) is 5.26 Å². The number of hydrogen-bond donors (Lipinski definition) is 1. The fourth-order valence-electron chi connectivity index (χ4n) is 3.04. The predicted octanol–water partition coefficient (Wildman–Crippen LogP) is 3.99. The summed E-state index contributed by atoms with van der Waals surface area (Å²) in [5, 5.41) is 8.90. The smallest absolute Gasteiger partial charge is 0.0992 e. The fourth-order valence-corrected chi connectivity index (χ4v) is 3.79. The lowest BCUT2D eigenvalue weighted by Gasteiger charge is -2.28. The highest BCUT2D eigenvalue weighted by atomic mass is 32.2. The Hall–Kier alpha value is -1.80. The van der Waals surface area contributed by atoms with Gasteiger partial charge in [0.15, 0.2) is 0 Å². The Bertz CT molecular complexity index is 708. The van der Waals surface area contributed by atoms with E-state index >= 15 is 0 Å². The van der Waals surface area contributed by atoms with Crippen LogP contribution in [-0.4, -0.2) is 24.5 Å². The van der Waals surface area contributed by atoms with Crippen molar-refractivity contribution in [3.05, 3.63) is 65.2 Å². The van der Waals surface area contributed by atoms with Crippen LogP contribution in [0.2, 0.25) is 0 Å². The Labute approximate surface area is 148 Å². The molecule has 0 saturated carbocycles. The van der Waals surface area contributed by atoms with Crippen LogP contribution >= 0.6 is 11.9 Å². The first-order chi connectivity index (χ1) is 11.8. The molecule has 3 rings (SSSR count). The van der Waals surface area contributed by atoms with Crippen LogP contribution < -0.4 is 4.72 Å². The van der Waals surface area contributed by atoms with Crippen LogP contribution in [0.4, 0.5) is 0 Å². The second-order valence-electron chi connectivity index (χ2n) is 6.14. The first kappa shape index (κ1) is 17.0. The van der Waals surface area contributed by atoms with E-state index in [4.69, 9.17) is 5.26 Å². The maximum Gasteiger partial charge on any atom is 0.0992 e. The zero-order chi connectivity index (χ0) is 16.6. The molecule has 24 heavy (non-hydrogen) atoms. The van der Waals surface area contributed by atoms with Gasteiger partial charge in [0.2, 0.25) is 0 Å². The van der Waals surface area contributed by atoms with Gasteiger partial charge in [-0.25, -0.2) is 0 Å². The van der Waals surface area contributed by atoms with E-state index < -0.39 is 0 Å². The lowest BCUT2D eigenvalue weighted by Crippen LogP contribution is -2.31. The van der Waals surface area contributed by atoms with Gasteiger partial charge in [-0.3, -0.25) is 9.62 Å². The van der Waals surface area contributed by atoms with Gasteiger partial charge < -0.3 is 0 Å². The first-order valence-electron chi connectivity index (χ1n) is 8.54. The summed E-state index contributed by atoms with van der Waals surface area (Å²) in [4.78, 5) is 3.66. The molecule has 2 aromatic rings. The molecule has 2 aromatic carbocycles. The van der Waals surface area contributed by atoms with Gasteiger partial charge in [0.25, 0.3) is 0 Å². The van der Waals surface area contributed by atoms with Crippen molar-refractivity contribution in [1.82, 2.24) is 9.62 Å². The summed E-state index contributed by atoms with van der Waals surface area (Å²) in [6.45, 7) is 4.44. The van der Waals surface area contributed by atoms with Crippen molar-refractivity contribution >= 4 is 11.9 Å². The number of nitriles is 1. The summed E-state index contributed by atoms with van der Waals surface area (Å²) in [6.07, 6.45) is 3.57. The zero-order valence-corrected chi connectivity index (χ0v) is 14.7. The molecule has 0 atom stereocenters. The molecule has 0 amide bonds. The first-order valence-corrected chi connectivity index (χ1v) is 9.36. The van der Waals surface area contributed by atoms with E-state index in [1.165, 1.54) is 43.5 Å². The average molecular weight is 337 g/mol. The molecule has 0 spiro atoms. The molecule has 1 aliphatic rings. The number of hydrogen-bond acceptors (Lipinski definition) is 4. The molecule has 0 aromatic heterocycles. The Morgan fingerprint density at radius 1 is 1.08 bits per heavy atom. The third-order valence-electron chi connectivity index (χ3n) is 4.37.